The van der Waals surface area contributed by atoms with Crippen LogP contribution in [0.5, 0.6) is 0 Å². The molecule has 10 nitrogen and oxygen atoms in total. The molecule has 3 heterocycles. The zero-order chi connectivity index (χ0) is 28.4. The summed E-state index contributed by atoms with van der Waals surface area (Å²) in [6.45, 7) is 4.12. The summed E-state index contributed by atoms with van der Waals surface area (Å²) in [4.78, 5) is 31.8. The zero-order valence-electron chi connectivity index (χ0n) is 22.3. The van der Waals surface area contributed by atoms with Crippen LogP contribution >= 0.6 is 11.5 Å². The Morgan fingerprint density at radius 3 is 2.85 bits per heavy atom. The molecule has 2 aliphatic carbocycles. The Labute approximate surface area is 234 Å². The molecule has 12 heteroatoms. The van der Waals surface area contributed by atoms with Crippen molar-refractivity contribution >= 4 is 35.1 Å². The fourth-order valence-electron chi connectivity index (χ4n) is 5.05. The van der Waals surface area contributed by atoms with Crippen LogP contribution < -0.4 is 10.6 Å². The lowest BCUT2D eigenvalue weighted by Crippen LogP contribution is -2.36. The van der Waals surface area contributed by atoms with Crippen LogP contribution in [0.2, 0.25) is 0 Å². The van der Waals surface area contributed by atoms with Crippen molar-refractivity contribution in [3.8, 4) is 0 Å². The average molecular weight is 567 g/mol. The van der Waals surface area contributed by atoms with Gasteiger partial charge in [-0.15, -0.1) is 0 Å². The number of aliphatic hydroxyl groups excluding tert-OH is 1. The second kappa shape index (κ2) is 11.8. The standard InChI is InChI=1S/C28H31FN6O4S/c1-15-5-3-6-18(7-4-8-19(15)28(38)39)32-27(37)23-12-22(33-25-21(29)14-31-35(23)25)26(36)30-13-17-9-10-24-20(11-17)16(2)34-40-24/h4,8,11-12,14,18,28,38-39H,3,5-7,9-10,13H2,1-2H3,(H,30,36)(H,32,37)/b8-4-,19-15+/t18-/m0/s1. The van der Waals surface area contributed by atoms with Gasteiger partial charge in [0.1, 0.15) is 11.4 Å². The Morgan fingerprint density at radius 2 is 2.05 bits per heavy atom. The smallest absolute Gasteiger partial charge is 0.270 e. The van der Waals surface area contributed by atoms with Crippen LogP contribution in [-0.4, -0.2) is 59.9 Å². The molecule has 40 heavy (non-hydrogen) atoms. The first-order valence-electron chi connectivity index (χ1n) is 13.2. The van der Waals surface area contributed by atoms with E-state index in [4.69, 9.17) is 0 Å². The second-order valence-electron chi connectivity index (χ2n) is 10.2. The van der Waals surface area contributed by atoms with Crippen LogP contribution in [0.25, 0.3) is 11.7 Å². The quantitative estimate of drug-likeness (QED) is 0.336. The second-order valence-corrected chi connectivity index (χ2v) is 11.0. The molecule has 4 N–H and O–H groups in total. The lowest BCUT2D eigenvalue weighted by Gasteiger charge is -2.18. The number of carbonyl (C=O) groups excluding carboxylic acids is 2. The molecule has 0 bridgehead atoms. The fraction of sp³-hybridized carbons (Fsp3) is 0.393. The summed E-state index contributed by atoms with van der Waals surface area (Å²) in [5.41, 5.74) is 4.15. The van der Waals surface area contributed by atoms with Gasteiger partial charge < -0.3 is 20.8 Å². The molecule has 2 aliphatic rings. The van der Waals surface area contributed by atoms with Crippen molar-refractivity contribution in [3.05, 3.63) is 74.5 Å². The SMILES string of the molecule is C/C1=C(C(O)O)/C=C\C[C@@H](NC(=O)c2cc(C(=O)NCC3=Cc4c(C)nsc4CC3)nc3c(F)cnn23)CCC1. The Bertz CT molecular complexity index is 1550. The van der Waals surface area contributed by atoms with E-state index in [0.29, 0.717) is 31.4 Å². The Kier molecular flexibility index (Phi) is 8.19. The third-order valence-corrected chi connectivity index (χ3v) is 8.31. The molecule has 1 atom stereocenters. The minimum absolute atomic E-state index is 0.00910. The van der Waals surface area contributed by atoms with Crippen molar-refractivity contribution in [3.63, 3.8) is 0 Å². The van der Waals surface area contributed by atoms with Gasteiger partial charge in [0, 0.05) is 34.7 Å². The molecule has 2 amide bonds. The normalized spacial score (nSPS) is 20.4. The monoisotopic (exact) mass is 566 g/mol. The van der Waals surface area contributed by atoms with Gasteiger partial charge in [-0.3, -0.25) is 9.59 Å². The number of rotatable bonds is 6. The van der Waals surface area contributed by atoms with Gasteiger partial charge in [0.05, 0.1) is 11.9 Å². The summed E-state index contributed by atoms with van der Waals surface area (Å²) in [6.07, 6.45) is 9.06. The van der Waals surface area contributed by atoms with Crippen molar-refractivity contribution in [2.24, 2.45) is 0 Å². The molecule has 0 saturated heterocycles. The average Bonchev–Trinajstić information content (AvgIpc) is 3.52. The van der Waals surface area contributed by atoms with Gasteiger partial charge in [-0.05, 0) is 63.9 Å². The van der Waals surface area contributed by atoms with E-state index in [-0.39, 0.29) is 23.1 Å². The van der Waals surface area contributed by atoms with Crippen LogP contribution in [0.3, 0.4) is 0 Å². The van der Waals surface area contributed by atoms with Crippen LogP contribution in [0.1, 0.15) is 76.1 Å². The highest BCUT2D eigenvalue weighted by atomic mass is 32.1. The number of amides is 2. The first-order chi connectivity index (χ1) is 19.2. The third kappa shape index (κ3) is 5.88. The Hall–Kier alpha value is -3.74. The minimum Gasteiger partial charge on any atom is -0.364 e. The Morgan fingerprint density at radius 1 is 1.23 bits per heavy atom. The maximum Gasteiger partial charge on any atom is 0.270 e. The van der Waals surface area contributed by atoms with Crippen LogP contribution in [-0.2, 0) is 6.42 Å². The highest BCUT2D eigenvalue weighted by Crippen LogP contribution is 2.29. The Balaban J connectivity index is 1.32. The predicted molar refractivity (Wildman–Crippen MR) is 148 cm³/mol. The molecular weight excluding hydrogens is 535 g/mol. The lowest BCUT2D eigenvalue weighted by atomic mass is 9.97. The molecule has 0 fully saturated rings. The molecule has 3 aromatic heterocycles. The van der Waals surface area contributed by atoms with Crippen molar-refractivity contribution in [1.82, 2.24) is 29.6 Å². The van der Waals surface area contributed by atoms with E-state index in [1.165, 1.54) is 22.5 Å². The number of aliphatic hydroxyl groups is 2. The van der Waals surface area contributed by atoms with E-state index in [9.17, 15) is 24.2 Å². The fourth-order valence-corrected chi connectivity index (χ4v) is 5.90. The number of hydrogen-bond donors (Lipinski definition) is 4. The molecule has 0 aliphatic heterocycles. The van der Waals surface area contributed by atoms with Crippen molar-refractivity contribution in [1.29, 1.82) is 0 Å². The highest BCUT2D eigenvalue weighted by Gasteiger charge is 2.23. The predicted octanol–water partition coefficient (Wildman–Crippen LogP) is 3.25. The molecular formula is C28H31FN6O4S. The summed E-state index contributed by atoms with van der Waals surface area (Å²) in [5.74, 6) is -1.78. The van der Waals surface area contributed by atoms with Crippen molar-refractivity contribution in [2.45, 2.75) is 64.7 Å². The molecule has 0 spiro atoms. The number of allylic oxidation sites excluding steroid dienone is 1. The van der Waals surface area contributed by atoms with Gasteiger partial charge in [0.25, 0.3) is 11.8 Å². The maximum absolute atomic E-state index is 14.5. The third-order valence-electron chi connectivity index (χ3n) is 7.30. The molecule has 3 aromatic rings. The van der Waals surface area contributed by atoms with Crippen LogP contribution in [0.4, 0.5) is 4.39 Å². The van der Waals surface area contributed by atoms with E-state index >= 15 is 0 Å². The molecule has 0 aromatic carbocycles. The van der Waals surface area contributed by atoms with Gasteiger partial charge in [-0.2, -0.15) is 9.47 Å². The lowest BCUT2D eigenvalue weighted by molar-refractivity contribution is -0.00574. The van der Waals surface area contributed by atoms with Gasteiger partial charge in [-0.25, -0.2) is 13.9 Å². The molecule has 0 unspecified atom stereocenters. The highest BCUT2D eigenvalue weighted by molar-refractivity contribution is 7.06. The van der Waals surface area contributed by atoms with Gasteiger partial charge in [-0.1, -0.05) is 29.4 Å². The summed E-state index contributed by atoms with van der Waals surface area (Å²) in [6, 6.07) is 1.06. The number of halogens is 1. The van der Waals surface area contributed by atoms with E-state index in [1.54, 1.807) is 12.2 Å². The topological polar surface area (TPSA) is 142 Å². The van der Waals surface area contributed by atoms with Crippen molar-refractivity contribution in [2.75, 3.05) is 6.54 Å². The van der Waals surface area contributed by atoms with Crippen LogP contribution in [0, 0.1) is 12.7 Å². The number of carbonyl (C=O) groups is 2. The molecule has 210 valence electrons. The number of fused-ring (bicyclic) bond motifs is 2. The number of nitrogens with zero attached hydrogens (tertiary/aromatic N) is 4. The number of aromatic nitrogens is 4. The number of aryl methyl sites for hydroxylation is 2. The van der Waals surface area contributed by atoms with E-state index in [1.807, 2.05) is 13.8 Å². The van der Waals surface area contributed by atoms with E-state index < -0.39 is 23.9 Å². The maximum atomic E-state index is 14.5. The minimum atomic E-state index is -1.56. The summed E-state index contributed by atoms with van der Waals surface area (Å²) >= 11 is 1.50. The summed E-state index contributed by atoms with van der Waals surface area (Å²) in [7, 11) is 0. The summed E-state index contributed by atoms with van der Waals surface area (Å²) in [5, 5.41) is 29.0. The zero-order valence-corrected chi connectivity index (χ0v) is 23.1. The van der Waals surface area contributed by atoms with Gasteiger partial charge >= 0.3 is 0 Å². The van der Waals surface area contributed by atoms with Gasteiger partial charge in [0.15, 0.2) is 17.8 Å². The number of nitrogens with one attached hydrogen (secondary N) is 2. The molecule has 5 rings (SSSR count). The van der Waals surface area contributed by atoms with Crippen LogP contribution in [0.15, 0.2) is 41.1 Å². The molecule has 0 radical (unpaired) electrons. The molecule has 0 saturated carbocycles. The first-order valence-corrected chi connectivity index (χ1v) is 14.0. The van der Waals surface area contributed by atoms with E-state index in [2.05, 4.69) is 31.2 Å². The van der Waals surface area contributed by atoms with E-state index in [0.717, 1.165) is 52.4 Å². The van der Waals surface area contributed by atoms with Gasteiger partial charge in [0.2, 0.25) is 0 Å². The van der Waals surface area contributed by atoms with Crippen molar-refractivity contribution < 1.29 is 24.2 Å². The largest absolute Gasteiger partial charge is 0.364 e. The number of hydrogen-bond acceptors (Lipinski definition) is 8. The summed E-state index contributed by atoms with van der Waals surface area (Å²) < 4.78 is 20.0. The first kappa shape index (κ1) is 27.8.